The van der Waals surface area contributed by atoms with Crippen LogP contribution in [0.4, 0.5) is 0 Å². The molecule has 5 rings (SSSR count). The molecule has 0 spiro atoms. The first-order valence-electron chi connectivity index (χ1n) is 9.55. The molecular formula is C21H19ClN4O3S. The van der Waals surface area contributed by atoms with Gasteiger partial charge in [0.25, 0.3) is 5.56 Å². The minimum Gasteiger partial charge on any atom is -0.378 e. The van der Waals surface area contributed by atoms with E-state index in [9.17, 15) is 9.59 Å². The van der Waals surface area contributed by atoms with Crippen molar-refractivity contribution in [2.24, 2.45) is 14.1 Å². The molecule has 154 valence electrons. The van der Waals surface area contributed by atoms with E-state index < -0.39 is 0 Å². The average Bonchev–Trinajstić information content (AvgIpc) is 3.26. The molecule has 0 N–H and O–H groups in total. The molecule has 1 aliphatic heterocycles. The van der Waals surface area contributed by atoms with E-state index in [0.29, 0.717) is 35.8 Å². The summed E-state index contributed by atoms with van der Waals surface area (Å²) in [6, 6.07) is 9.79. The molecule has 0 radical (unpaired) electrons. The van der Waals surface area contributed by atoms with Crippen LogP contribution in [0.25, 0.3) is 22.2 Å². The number of thiazole rings is 1. The summed E-state index contributed by atoms with van der Waals surface area (Å²) in [7, 11) is 3.22. The van der Waals surface area contributed by atoms with Crippen LogP contribution in [0.5, 0.6) is 0 Å². The molecule has 4 aromatic rings. The molecule has 0 saturated carbocycles. The summed E-state index contributed by atoms with van der Waals surface area (Å²) in [6.07, 6.45) is 0. The van der Waals surface area contributed by atoms with Crippen LogP contribution in [0.1, 0.15) is 16.6 Å². The van der Waals surface area contributed by atoms with Gasteiger partial charge in [0, 0.05) is 26.0 Å². The quantitative estimate of drug-likeness (QED) is 0.478. The monoisotopic (exact) mass is 442 g/mol. The molecular weight excluding hydrogens is 424 g/mol. The molecule has 1 unspecified atom stereocenters. The summed E-state index contributed by atoms with van der Waals surface area (Å²) < 4.78 is 10.8. The summed E-state index contributed by atoms with van der Waals surface area (Å²) in [4.78, 5) is 30.6. The van der Waals surface area contributed by atoms with Gasteiger partial charge in [-0.1, -0.05) is 41.9 Å². The number of hydrogen-bond donors (Lipinski definition) is 0. The number of benzene rings is 1. The molecule has 3 aromatic heterocycles. The van der Waals surface area contributed by atoms with Crippen LogP contribution in [0.2, 0.25) is 5.15 Å². The van der Waals surface area contributed by atoms with Crippen molar-refractivity contribution in [1.82, 2.24) is 18.7 Å². The second-order valence-electron chi connectivity index (χ2n) is 7.32. The van der Waals surface area contributed by atoms with Crippen molar-refractivity contribution in [2.45, 2.75) is 12.5 Å². The lowest BCUT2D eigenvalue weighted by molar-refractivity contribution is 0.132. The Morgan fingerprint density at radius 2 is 1.93 bits per heavy atom. The van der Waals surface area contributed by atoms with Crippen molar-refractivity contribution in [3.05, 3.63) is 72.4 Å². The van der Waals surface area contributed by atoms with Crippen LogP contribution in [0.3, 0.4) is 0 Å². The normalized spacial score (nSPS) is 16.6. The largest absolute Gasteiger partial charge is 0.378 e. The van der Waals surface area contributed by atoms with E-state index in [-0.39, 0.29) is 17.2 Å². The predicted octanol–water partition coefficient (Wildman–Crippen LogP) is 2.98. The first-order valence-corrected chi connectivity index (χ1v) is 10.8. The van der Waals surface area contributed by atoms with E-state index in [1.807, 2.05) is 30.3 Å². The number of ether oxygens (including phenoxy) is 1. The SMILES string of the molecule is Cn1c(=O)c2c(-c3ccccc3)n3c(c2n(C)c1=O)C(c1nc(Cl)cs1)COCC3. The third kappa shape index (κ3) is 2.79. The van der Waals surface area contributed by atoms with Gasteiger partial charge in [-0.25, -0.2) is 9.78 Å². The van der Waals surface area contributed by atoms with Gasteiger partial charge in [-0.2, -0.15) is 0 Å². The van der Waals surface area contributed by atoms with Gasteiger partial charge in [0.1, 0.15) is 10.2 Å². The number of nitrogens with zero attached hydrogens (tertiary/aromatic N) is 4. The van der Waals surface area contributed by atoms with Crippen molar-refractivity contribution >= 4 is 33.8 Å². The van der Waals surface area contributed by atoms with Crippen LogP contribution in [-0.2, 0) is 25.4 Å². The Morgan fingerprint density at radius 1 is 1.17 bits per heavy atom. The third-order valence-electron chi connectivity index (χ3n) is 5.62. The van der Waals surface area contributed by atoms with Gasteiger partial charge in [-0.15, -0.1) is 11.3 Å². The van der Waals surface area contributed by atoms with Crippen molar-refractivity contribution < 1.29 is 4.74 Å². The van der Waals surface area contributed by atoms with Gasteiger partial charge in [0.2, 0.25) is 0 Å². The van der Waals surface area contributed by atoms with Crippen LogP contribution < -0.4 is 11.2 Å². The molecule has 0 bridgehead atoms. The molecule has 9 heteroatoms. The van der Waals surface area contributed by atoms with Crippen molar-refractivity contribution in [2.75, 3.05) is 13.2 Å². The standard InChI is InChI=1S/C21H19ClN4O3S/c1-24-18-15(20(27)25(2)21(24)28)16(12-6-4-3-5-7-12)26-8-9-29-10-13(17(18)26)19-23-14(22)11-30-19/h3-7,11,13H,8-10H2,1-2H3. The van der Waals surface area contributed by atoms with E-state index in [1.165, 1.54) is 23.0 Å². The van der Waals surface area contributed by atoms with Crippen LogP contribution in [0, 0.1) is 0 Å². The van der Waals surface area contributed by atoms with Gasteiger partial charge >= 0.3 is 5.69 Å². The Hall–Kier alpha value is -2.68. The first kappa shape index (κ1) is 19.3. The molecule has 1 aliphatic rings. The highest BCUT2D eigenvalue weighted by atomic mass is 35.5. The zero-order valence-electron chi connectivity index (χ0n) is 16.5. The summed E-state index contributed by atoms with van der Waals surface area (Å²) in [5.41, 5.74) is 2.55. The highest BCUT2D eigenvalue weighted by Crippen LogP contribution is 2.40. The van der Waals surface area contributed by atoms with Gasteiger partial charge in [0.15, 0.2) is 0 Å². The Labute approximate surface area is 180 Å². The number of aryl methyl sites for hydroxylation is 1. The fraction of sp³-hybridized carbons (Fsp3) is 0.286. The van der Waals surface area contributed by atoms with E-state index in [0.717, 1.165) is 22.0 Å². The smallest absolute Gasteiger partial charge is 0.331 e. The second kappa shape index (κ2) is 7.23. The van der Waals surface area contributed by atoms with Gasteiger partial charge in [-0.3, -0.25) is 13.9 Å². The Bertz CT molecular complexity index is 1380. The number of aromatic nitrogens is 4. The molecule has 7 nitrogen and oxygen atoms in total. The van der Waals surface area contributed by atoms with E-state index >= 15 is 0 Å². The highest BCUT2D eigenvalue weighted by molar-refractivity contribution is 7.10. The first-order chi connectivity index (χ1) is 14.5. The molecule has 0 fully saturated rings. The zero-order chi connectivity index (χ0) is 21.0. The second-order valence-corrected chi connectivity index (χ2v) is 8.59. The summed E-state index contributed by atoms with van der Waals surface area (Å²) in [5.74, 6) is -0.234. The highest BCUT2D eigenvalue weighted by Gasteiger charge is 2.33. The number of rotatable bonds is 2. The minimum atomic E-state index is -0.360. The van der Waals surface area contributed by atoms with E-state index in [1.54, 1.807) is 17.0 Å². The van der Waals surface area contributed by atoms with Crippen molar-refractivity contribution in [3.8, 4) is 11.3 Å². The maximum atomic E-state index is 13.3. The zero-order valence-corrected chi connectivity index (χ0v) is 18.0. The molecule has 0 aliphatic carbocycles. The fourth-order valence-corrected chi connectivity index (χ4v) is 5.31. The summed E-state index contributed by atoms with van der Waals surface area (Å²) >= 11 is 7.57. The van der Waals surface area contributed by atoms with Gasteiger partial charge in [-0.05, 0) is 5.56 Å². The molecule has 4 heterocycles. The molecule has 30 heavy (non-hydrogen) atoms. The average molecular weight is 443 g/mol. The lowest BCUT2D eigenvalue weighted by Gasteiger charge is -2.15. The predicted molar refractivity (Wildman–Crippen MR) is 118 cm³/mol. The number of hydrogen-bond acceptors (Lipinski definition) is 5. The maximum Gasteiger partial charge on any atom is 0.331 e. The Balaban J connectivity index is 1.98. The van der Waals surface area contributed by atoms with Crippen LogP contribution in [0.15, 0.2) is 45.3 Å². The summed E-state index contributed by atoms with van der Waals surface area (Å²) in [6.45, 7) is 1.47. The number of fused-ring (bicyclic) bond motifs is 3. The van der Waals surface area contributed by atoms with Crippen molar-refractivity contribution in [3.63, 3.8) is 0 Å². The molecule has 0 amide bonds. The molecule has 1 atom stereocenters. The lowest BCUT2D eigenvalue weighted by Crippen LogP contribution is -2.37. The topological polar surface area (TPSA) is 71.0 Å². The van der Waals surface area contributed by atoms with E-state index in [4.69, 9.17) is 16.3 Å². The van der Waals surface area contributed by atoms with Gasteiger partial charge < -0.3 is 9.30 Å². The summed E-state index contributed by atoms with van der Waals surface area (Å²) in [5, 5.41) is 3.55. The Morgan fingerprint density at radius 3 is 2.63 bits per heavy atom. The maximum absolute atomic E-state index is 13.3. The third-order valence-corrected chi connectivity index (χ3v) is 6.90. The van der Waals surface area contributed by atoms with Crippen LogP contribution >= 0.6 is 22.9 Å². The van der Waals surface area contributed by atoms with E-state index in [2.05, 4.69) is 9.55 Å². The molecule has 0 saturated heterocycles. The lowest BCUT2D eigenvalue weighted by atomic mass is 10.1. The fourth-order valence-electron chi connectivity index (χ4n) is 4.27. The van der Waals surface area contributed by atoms with Crippen molar-refractivity contribution in [1.29, 1.82) is 0 Å². The minimum absolute atomic E-state index is 0.234. The number of halogens is 1. The van der Waals surface area contributed by atoms with Crippen LogP contribution in [-0.4, -0.2) is 31.9 Å². The Kier molecular flexibility index (Phi) is 4.65. The van der Waals surface area contributed by atoms with Gasteiger partial charge in [0.05, 0.1) is 41.4 Å². The molecule has 1 aromatic carbocycles.